The van der Waals surface area contributed by atoms with Gasteiger partial charge in [-0.15, -0.1) is 0 Å². The highest BCUT2D eigenvalue weighted by Gasteiger charge is 2.36. The molecule has 1 aliphatic heterocycles. The summed E-state index contributed by atoms with van der Waals surface area (Å²) in [7, 11) is 0. The minimum Gasteiger partial charge on any atom is -0.337 e. The van der Waals surface area contributed by atoms with Gasteiger partial charge in [0, 0.05) is 13.1 Å². The van der Waals surface area contributed by atoms with E-state index in [4.69, 9.17) is 4.84 Å². The lowest BCUT2D eigenvalue weighted by atomic mass is 9.89. The number of hydrogen-bond donors (Lipinski definition) is 1. The van der Waals surface area contributed by atoms with E-state index in [1.54, 1.807) is 0 Å². The van der Waals surface area contributed by atoms with Gasteiger partial charge in [0.25, 0.3) is 0 Å². The van der Waals surface area contributed by atoms with Gasteiger partial charge in [-0.3, -0.25) is 9.63 Å². The molecule has 5 heteroatoms. The lowest BCUT2D eigenvalue weighted by Gasteiger charge is -2.36. The first kappa shape index (κ1) is 17.5. The number of aryl methyl sites for hydroxylation is 2. The van der Waals surface area contributed by atoms with Crippen LogP contribution in [-0.4, -0.2) is 36.2 Å². The topological polar surface area (TPSA) is 65.4 Å². The highest BCUT2D eigenvalue weighted by atomic mass is 16.7. The number of nitrogens with one attached hydrogen (secondary N) is 1. The van der Waals surface area contributed by atoms with Crippen LogP contribution in [0.25, 0.3) is 0 Å². The van der Waals surface area contributed by atoms with Crippen LogP contribution in [0.3, 0.4) is 0 Å². The molecule has 1 aromatic rings. The van der Waals surface area contributed by atoms with Gasteiger partial charge in [0.1, 0.15) is 5.54 Å². The van der Waals surface area contributed by atoms with Crippen LogP contribution < -0.4 is 5.32 Å². The Labute approximate surface area is 138 Å². The molecule has 0 aliphatic carbocycles. The number of hydroxylamine groups is 2. The van der Waals surface area contributed by atoms with Crippen LogP contribution in [0.1, 0.15) is 36.5 Å². The van der Waals surface area contributed by atoms with E-state index in [1.807, 2.05) is 44.0 Å². The quantitative estimate of drug-likeness (QED) is 0.905. The number of nitriles is 1. The Morgan fingerprint density at radius 1 is 1.39 bits per heavy atom. The van der Waals surface area contributed by atoms with Crippen LogP contribution in [0.15, 0.2) is 18.2 Å². The molecule has 124 valence electrons. The van der Waals surface area contributed by atoms with E-state index in [2.05, 4.69) is 11.4 Å². The molecule has 1 heterocycles. The SMILES string of the molecule is CCON1CCC(C#N)(NC(=O)Cc2cc(C)ccc2C)CC1. The van der Waals surface area contributed by atoms with Gasteiger partial charge in [-0.05, 0) is 44.7 Å². The molecule has 0 saturated carbocycles. The second-order valence-corrected chi connectivity index (χ2v) is 6.20. The maximum atomic E-state index is 12.4. The summed E-state index contributed by atoms with van der Waals surface area (Å²) in [6, 6.07) is 8.41. The van der Waals surface area contributed by atoms with E-state index in [0.29, 0.717) is 39.0 Å². The lowest BCUT2D eigenvalue weighted by molar-refractivity contribution is -0.171. The molecule has 0 spiro atoms. The molecule has 0 radical (unpaired) electrons. The van der Waals surface area contributed by atoms with Gasteiger partial charge in [-0.1, -0.05) is 23.8 Å². The summed E-state index contributed by atoms with van der Waals surface area (Å²) < 4.78 is 0. The summed E-state index contributed by atoms with van der Waals surface area (Å²) >= 11 is 0. The molecule has 2 rings (SSSR count). The van der Waals surface area contributed by atoms with Gasteiger partial charge < -0.3 is 5.32 Å². The summed E-state index contributed by atoms with van der Waals surface area (Å²) in [5, 5.41) is 14.4. The Morgan fingerprint density at radius 2 is 2.09 bits per heavy atom. The molecule has 23 heavy (non-hydrogen) atoms. The normalized spacial score (nSPS) is 17.5. The molecule has 1 N–H and O–H groups in total. The van der Waals surface area contributed by atoms with Crippen molar-refractivity contribution in [3.63, 3.8) is 0 Å². The zero-order chi connectivity index (χ0) is 16.9. The van der Waals surface area contributed by atoms with Crippen molar-refractivity contribution >= 4 is 5.91 Å². The number of rotatable bonds is 5. The van der Waals surface area contributed by atoms with E-state index >= 15 is 0 Å². The van der Waals surface area contributed by atoms with Gasteiger partial charge >= 0.3 is 0 Å². The Hall–Kier alpha value is -1.90. The number of benzene rings is 1. The average Bonchev–Trinajstić information content (AvgIpc) is 2.53. The maximum absolute atomic E-state index is 12.4. The van der Waals surface area contributed by atoms with E-state index in [0.717, 1.165) is 16.7 Å². The fourth-order valence-corrected chi connectivity index (χ4v) is 2.92. The Bertz CT molecular complexity index is 599. The summed E-state index contributed by atoms with van der Waals surface area (Å²) in [4.78, 5) is 17.9. The zero-order valence-corrected chi connectivity index (χ0v) is 14.2. The van der Waals surface area contributed by atoms with Crippen molar-refractivity contribution in [1.29, 1.82) is 5.26 Å². The second-order valence-electron chi connectivity index (χ2n) is 6.20. The van der Waals surface area contributed by atoms with E-state index in [-0.39, 0.29) is 5.91 Å². The van der Waals surface area contributed by atoms with Crippen molar-refractivity contribution in [2.75, 3.05) is 19.7 Å². The summed E-state index contributed by atoms with van der Waals surface area (Å²) in [6.45, 7) is 7.90. The minimum atomic E-state index is -0.775. The largest absolute Gasteiger partial charge is 0.337 e. The molecule has 1 fully saturated rings. The van der Waals surface area contributed by atoms with Gasteiger partial charge in [0.15, 0.2) is 0 Å². The number of hydrogen-bond acceptors (Lipinski definition) is 4. The molecule has 1 aromatic carbocycles. The predicted molar refractivity (Wildman–Crippen MR) is 88.5 cm³/mol. The van der Waals surface area contributed by atoms with Crippen molar-refractivity contribution in [3.8, 4) is 6.07 Å². The van der Waals surface area contributed by atoms with Crippen molar-refractivity contribution in [2.45, 2.75) is 45.6 Å². The molecule has 0 atom stereocenters. The number of amides is 1. The average molecular weight is 315 g/mol. The van der Waals surface area contributed by atoms with Gasteiger partial charge in [0.05, 0.1) is 19.1 Å². The molecule has 1 saturated heterocycles. The first-order chi connectivity index (χ1) is 11.0. The summed E-state index contributed by atoms with van der Waals surface area (Å²) in [6.07, 6.45) is 1.48. The van der Waals surface area contributed by atoms with Gasteiger partial charge in [-0.25, -0.2) is 0 Å². The Kier molecular flexibility index (Phi) is 5.75. The summed E-state index contributed by atoms with van der Waals surface area (Å²) in [5.74, 6) is -0.0925. The van der Waals surface area contributed by atoms with E-state index in [9.17, 15) is 10.1 Å². The lowest BCUT2D eigenvalue weighted by Crippen LogP contribution is -2.54. The minimum absolute atomic E-state index is 0.0925. The Balaban J connectivity index is 1.98. The standard InChI is InChI=1S/C18H25N3O2/c1-4-23-21-9-7-18(13-19,8-10-21)20-17(22)12-16-11-14(2)5-6-15(16)3/h5-6,11H,4,7-10,12H2,1-3H3,(H,20,22). The van der Waals surface area contributed by atoms with E-state index < -0.39 is 5.54 Å². The second kappa shape index (κ2) is 7.58. The molecular formula is C18H25N3O2. The van der Waals surface area contributed by atoms with Crippen LogP contribution in [0.5, 0.6) is 0 Å². The van der Waals surface area contributed by atoms with Crippen molar-refractivity contribution in [3.05, 3.63) is 34.9 Å². The third kappa shape index (κ3) is 4.54. The number of carbonyl (C=O) groups excluding carboxylic acids is 1. The third-order valence-corrected chi connectivity index (χ3v) is 4.34. The first-order valence-electron chi connectivity index (χ1n) is 8.14. The van der Waals surface area contributed by atoms with Crippen molar-refractivity contribution in [1.82, 2.24) is 10.4 Å². The number of piperidine rings is 1. The maximum Gasteiger partial charge on any atom is 0.225 e. The first-order valence-corrected chi connectivity index (χ1v) is 8.14. The molecule has 0 bridgehead atoms. The predicted octanol–water partition coefficient (Wildman–Crippen LogP) is 2.27. The molecule has 0 unspecified atom stereocenters. The highest BCUT2D eigenvalue weighted by molar-refractivity contribution is 5.80. The van der Waals surface area contributed by atoms with Crippen LogP contribution in [-0.2, 0) is 16.1 Å². The molecule has 1 amide bonds. The molecule has 0 aromatic heterocycles. The van der Waals surface area contributed by atoms with Crippen molar-refractivity contribution in [2.24, 2.45) is 0 Å². The van der Waals surface area contributed by atoms with Crippen LogP contribution >= 0.6 is 0 Å². The summed E-state index contributed by atoms with van der Waals surface area (Å²) in [5.41, 5.74) is 2.48. The highest BCUT2D eigenvalue weighted by Crippen LogP contribution is 2.22. The van der Waals surface area contributed by atoms with Gasteiger partial charge in [-0.2, -0.15) is 10.3 Å². The fourth-order valence-electron chi connectivity index (χ4n) is 2.92. The Morgan fingerprint density at radius 3 is 2.70 bits per heavy atom. The zero-order valence-electron chi connectivity index (χ0n) is 14.2. The van der Waals surface area contributed by atoms with Crippen LogP contribution in [0.4, 0.5) is 0 Å². The van der Waals surface area contributed by atoms with Gasteiger partial charge in [0.2, 0.25) is 5.91 Å². The van der Waals surface area contributed by atoms with E-state index in [1.165, 1.54) is 0 Å². The molecular weight excluding hydrogens is 290 g/mol. The third-order valence-electron chi connectivity index (χ3n) is 4.34. The fraction of sp³-hybridized carbons (Fsp3) is 0.556. The monoisotopic (exact) mass is 315 g/mol. The van der Waals surface area contributed by atoms with Crippen LogP contribution in [0.2, 0.25) is 0 Å². The number of nitrogens with zero attached hydrogens (tertiary/aromatic N) is 2. The molecule has 1 aliphatic rings. The smallest absolute Gasteiger partial charge is 0.225 e. The van der Waals surface area contributed by atoms with Crippen LogP contribution in [0, 0.1) is 25.2 Å². The molecule has 5 nitrogen and oxygen atoms in total. The number of carbonyl (C=O) groups is 1. The van der Waals surface area contributed by atoms with Crippen molar-refractivity contribution < 1.29 is 9.63 Å².